The van der Waals surface area contributed by atoms with E-state index in [0.717, 1.165) is 0 Å². The molecular formula is C19H20N2O4. The lowest BCUT2D eigenvalue weighted by Crippen LogP contribution is -2.20. The Morgan fingerprint density at radius 2 is 1.68 bits per heavy atom. The number of aliphatic carboxylic acids is 1. The van der Waals surface area contributed by atoms with Gasteiger partial charge in [-0.25, -0.2) is 4.79 Å². The Bertz CT molecular complexity index is 742. The molecule has 2 aromatic carbocycles. The van der Waals surface area contributed by atoms with Crippen molar-refractivity contribution >= 4 is 11.7 Å². The van der Waals surface area contributed by atoms with Crippen molar-refractivity contribution in [3.63, 3.8) is 0 Å². The van der Waals surface area contributed by atoms with Crippen LogP contribution in [0.2, 0.25) is 0 Å². The van der Waals surface area contributed by atoms with Crippen LogP contribution in [0.3, 0.4) is 0 Å². The van der Waals surface area contributed by atoms with Crippen LogP contribution >= 0.6 is 0 Å². The predicted molar refractivity (Wildman–Crippen MR) is 93.9 cm³/mol. The van der Waals surface area contributed by atoms with E-state index in [2.05, 4.69) is 5.32 Å². The van der Waals surface area contributed by atoms with Crippen molar-refractivity contribution in [2.24, 2.45) is 0 Å². The quantitative estimate of drug-likeness (QED) is 0.763. The second kappa shape index (κ2) is 8.60. The molecule has 1 atom stereocenters. The number of benzene rings is 2. The van der Waals surface area contributed by atoms with Gasteiger partial charge in [0.25, 0.3) is 0 Å². The molecule has 2 aromatic rings. The minimum absolute atomic E-state index is 0.468. The zero-order chi connectivity index (χ0) is 18.2. The lowest BCUT2D eigenvalue weighted by atomic mass is 10.1. The maximum Gasteiger partial charge on any atom is 0.330 e. The van der Waals surface area contributed by atoms with Crippen molar-refractivity contribution in [2.75, 3.05) is 18.5 Å². The molecule has 0 radical (unpaired) electrons. The summed E-state index contributed by atoms with van der Waals surface area (Å²) in [7, 11) is 0. The van der Waals surface area contributed by atoms with E-state index in [1.54, 1.807) is 42.5 Å². The van der Waals surface area contributed by atoms with Crippen molar-refractivity contribution in [1.82, 2.24) is 0 Å². The Balaban J connectivity index is 2.34. The molecule has 0 bridgehead atoms. The van der Waals surface area contributed by atoms with Gasteiger partial charge in [0.2, 0.25) is 0 Å². The molecule has 6 heteroatoms. The molecule has 0 aliphatic rings. The number of hydrogen-bond donors (Lipinski definition) is 2. The summed E-state index contributed by atoms with van der Waals surface area (Å²) in [5.41, 5.74) is 1.63. The second-order valence-corrected chi connectivity index (χ2v) is 5.21. The highest BCUT2D eigenvalue weighted by Crippen LogP contribution is 2.29. The Kier molecular flexibility index (Phi) is 6.24. The van der Waals surface area contributed by atoms with Gasteiger partial charge in [0.15, 0.2) is 6.04 Å². The van der Waals surface area contributed by atoms with Gasteiger partial charge in [-0.2, -0.15) is 5.26 Å². The molecule has 0 saturated carbocycles. The van der Waals surface area contributed by atoms with Crippen molar-refractivity contribution < 1.29 is 19.4 Å². The highest BCUT2D eigenvalue weighted by atomic mass is 16.5. The number of nitrogens with zero attached hydrogens (tertiary/aromatic N) is 1. The van der Waals surface area contributed by atoms with Crippen LogP contribution in [-0.4, -0.2) is 24.3 Å². The molecule has 0 spiro atoms. The van der Waals surface area contributed by atoms with Crippen LogP contribution in [0.4, 0.5) is 5.69 Å². The fourth-order valence-electron chi connectivity index (χ4n) is 2.36. The van der Waals surface area contributed by atoms with Gasteiger partial charge in [0, 0.05) is 11.8 Å². The zero-order valence-electron chi connectivity index (χ0n) is 14.2. The van der Waals surface area contributed by atoms with Gasteiger partial charge in [-0.3, -0.25) is 0 Å². The van der Waals surface area contributed by atoms with Crippen LogP contribution in [-0.2, 0) is 4.79 Å². The number of carbonyl (C=O) groups is 1. The molecule has 0 aliphatic carbocycles. The summed E-state index contributed by atoms with van der Waals surface area (Å²) in [5, 5.41) is 21.4. The summed E-state index contributed by atoms with van der Waals surface area (Å²) in [4.78, 5) is 11.8. The molecule has 6 nitrogen and oxygen atoms in total. The maximum atomic E-state index is 11.8. The van der Waals surface area contributed by atoms with Gasteiger partial charge in [-0.15, -0.1) is 0 Å². The van der Waals surface area contributed by atoms with E-state index in [9.17, 15) is 9.90 Å². The third kappa shape index (κ3) is 4.88. The predicted octanol–water partition coefficient (Wildman–Crippen LogP) is 3.59. The SMILES string of the molecule is CCOc1cc(OCC)cc(C(Nc2ccc(C#N)cc2)C(=O)O)c1. The van der Waals surface area contributed by atoms with Crippen molar-refractivity contribution in [3.8, 4) is 17.6 Å². The fourth-order valence-corrected chi connectivity index (χ4v) is 2.36. The number of nitriles is 1. The Morgan fingerprint density at radius 3 is 2.12 bits per heavy atom. The summed E-state index contributed by atoms with van der Waals surface area (Å²) in [6.07, 6.45) is 0. The summed E-state index contributed by atoms with van der Waals surface area (Å²) >= 11 is 0. The highest BCUT2D eigenvalue weighted by Gasteiger charge is 2.21. The van der Waals surface area contributed by atoms with Crippen molar-refractivity contribution in [2.45, 2.75) is 19.9 Å². The van der Waals surface area contributed by atoms with Gasteiger partial charge in [-0.1, -0.05) is 0 Å². The van der Waals surface area contributed by atoms with E-state index >= 15 is 0 Å². The maximum absolute atomic E-state index is 11.8. The van der Waals surface area contributed by atoms with Gasteiger partial charge in [0.1, 0.15) is 11.5 Å². The molecule has 130 valence electrons. The third-order valence-corrected chi connectivity index (χ3v) is 3.43. The molecule has 0 amide bonds. The number of carboxylic acids is 1. The first-order valence-corrected chi connectivity index (χ1v) is 7.97. The van der Waals surface area contributed by atoms with Crippen LogP contribution in [0.5, 0.6) is 11.5 Å². The first-order chi connectivity index (χ1) is 12.1. The molecular weight excluding hydrogens is 320 g/mol. The largest absolute Gasteiger partial charge is 0.494 e. The smallest absolute Gasteiger partial charge is 0.330 e. The lowest BCUT2D eigenvalue weighted by Gasteiger charge is -2.18. The van der Waals surface area contributed by atoms with Crippen LogP contribution in [0.1, 0.15) is 31.0 Å². The minimum atomic E-state index is -1.03. The molecule has 1 unspecified atom stereocenters. The first kappa shape index (κ1) is 18.1. The number of anilines is 1. The average molecular weight is 340 g/mol. The van der Waals surface area contributed by atoms with E-state index in [1.165, 1.54) is 0 Å². The third-order valence-electron chi connectivity index (χ3n) is 3.43. The standard InChI is InChI=1S/C19H20N2O4/c1-3-24-16-9-14(10-17(11-16)25-4-2)18(19(22)23)21-15-7-5-13(12-20)6-8-15/h5-11,18,21H,3-4H2,1-2H3,(H,22,23). The van der Waals surface area contributed by atoms with E-state index in [-0.39, 0.29) is 0 Å². The van der Waals surface area contributed by atoms with E-state index in [4.69, 9.17) is 14.7 Å². The second-order valence-electron chi connectivity index (χ2n) is 5.21. The van der Waals surface area contributed by atoms with E-state index < -0.39 is 12.0 Å². The number of nitrogens with one attached hydrogen (secondary N) is 1. The molecule has 2 N–H and O–H groups in total. The molecule has 0 aliphatic heterocycles. The summed E-state index contributed by atoms with van der Waals surface area (Å²) < 4.78 is 11.0. The van der Waals surface area contributed by atoms with Crippen LogP contribution < -0.4 is 14.8 Å². The van der Waals surface area contributed by atoms with Crippen molar-refractivity contribution in [3.05, 3.63) is 53.6 Å². The Hall–Kier alpha value is -3.20. The first-order valence-electron chi connectivity index (χ1n) is 7.97. The van der Waals surface area contributed by atoms with Crippen LogP contribution in [0.25, 0.3) is 0 Å². The minimum Gasteiger partial charge on any atom is -0.494 e. The normalized spacial score (nSPS) is 11.2. The van der Waals surface area contributed by atoms with Crippen LogP contribution in [0, 0.1) is 11.3 Å². The average Bonchev–Trinajstić information content (AvgIpc) is 2.60. The summed E-state index contributed by atoms with van der Waals surface area (Å²) in [6, 6.07) is 12.7. The monoisotopic (exact) mass is 340 g/mol. The molecule has 0 saturated heterocycles. The summed E-state index contributed by atoms with van der Waals surface area (Å²) in [5.74, 6) is 0.0770. The highest BCUT2D eigenvalue weighted by molar-refractivity contribution is 5.79. The van der Waals surface area contributed by atoms with Gasteiger partial charge >= 0.3 is 5.97 Å². The zero-order valence-corrected chi connectivity index (χ0v) is 14.2. The van der Waals surface area contributed by atoms with Gasteiger partial charge in [0.05, 0.1) is 24.8 Å². The van der Waals surface area contributed by atoms with Crippen LogP contribution in [0.15, 0.2) is 42.5 Å². The Labute approximate surface area is 146 Å². The number of rotatable bonds is 8. The number of carboxylic acid groups (broad SMARTS) is 1. The van der Waals surface area contributed by atoms with E-state index in [1.807, 2.05) is 19.9 Å². The molecule has 0 heterocycles. The van der Waals surface area contributed by atoms with Gasteiger partial charge in [-0.05, 0) is 55.8 Å². The van der Waals surface area contributed by atoms with Crippen molar-refractivity contribution in [1.29, 1.82) is 5.26 Å². The fraction of sp³-hybridized carbons (Fsp3) is 0.263. The summed E-state index contributed by atoms with van der Waals surface area (Å²) in [6.45, 7) is 4.65. The molecule has 25 heavy (non-hydrogen) atoms. The molecule has 2 rings (SSSR count). The number of ether oxygens (including phenoxy) is 2. The molecule has 0 fully saturated rings. The lowest BCUT2D eigenvalue weighted by molar-refractivity contribution is -0.138. The topological polar surface area (TPSA) is 91.6 Å². The van der Waals surface area contributed by atoms with Gasteiger partial charge < -0.3 is 19.9 Å². The molecule has 0 aromatic heterocycles. The Morgan fingerprint density at radius 1 is 1.12 bits per heavy atom. The number of hydrogen-bond acceptors (Lipinski definition) is 5. The van der Waals surface area contributed by atoms with E-state index in [0.29, 0.717) is 41.5 Å².